The van der Waals surface area contributed by atoms with Crippen molar-refractivity contribution in [2.75, 3.05) is 0 Å². The van der Waals surface area contributed by atoms with Gasteiger partial charge in [0.2, 0.25) is 0 Å². The first-order chi connectivity index (χ1) is 29.4. The molecule has 299 valence electrons. The van der Waals surface area contributed by atoms with Crippen LogP contribution in [0.25, 0.3) is 90.9 Å². The van der Waals surface area contributed by atoms with Gasteiger partial charge in [0.25, 0.3) is 0 Å². The summed E-state index contributed by atoms with van der Waals surface area (Å²) in [5.41, 5.74) is 13.4. The zero-order valence-corrected chi connectivity index (χ0v) is 36.9. The molecule has 2 aliphatic rings. The third kappa shape index (κ3) is 11.2. The van der Waals surface area contributed by atoms with E-state index in [2.05, 4.69) is 26.6 Å². The van der Waals surface area contributed by atoms with Crippen molar-refractivity contribution in [2.24, 2.45) is 0 Å². The van der Waals surface area contributed by atoms with Crippen molar-refractivity contribution in [3.05, 3.63) is 191 Å². The Morgan fingerprint density at radius 1 is 0.323 bits per heavy atom. The first-order valence-electron chi connectivity index (χ1n) is 17.3. The van der Waals surface area contributed by atoms with Crippen molar-refractivity contribution in [3.8, 4) is 44.5 Å². The SMILES string of the molecule is Clc1ccc(-c2c3nc(c(-c4ccc(Cl)cc4)c4ccc([n-]4)c(-c4ccc(Cl)cc4)c4nc(c(-c5ccc(Cl)cc5)c5ccc2[n-]5)C=C4)C=C3)cc1.[Al+3].[C-]#[O+].[C-]#[O+].[C-]#[O+].[C-]#[O+].[Co]. The Morgan fingerprint density at radius 3 is 0.677 bits per heavy atom. The molecule has 0 saturated carbocycles. The Morgan fingerprint density at radius 2 is 0.500 bits per heavy atom. The minimum absolute atomic E-state index is 0. The van der Waals surface area contributed by atoms with Gasteiger partial charge in [0.1, 0.15) is 0 Å². The summed E-state index contributed by atoms with van der Waals surface area (Å²) in [6, 6.07) is 39.2. The Labute approximate surface area is 397 Å². The Bertz CT molecular complexity index is 2580. The van der Waals surface area contributed by atoms with E-state index in [0.717, 1.165) is 89.4 Å². The van der Waals surface area contributed by atoms with Crippen molar-refractivity contribution in [1.82, 2.24) is 19.9 Å². The van der Waals surface area contributed by atoms with E-state index in [4.69, 9.17) is 84.9 Å². The first kappa shape index (κ1) is 51.0. The molecule has 0 amide bonds. The predicted octanol–water partition coefficient (Wildman–Crippen LogP) is 12.7. The Kier molecular flexibility index (Phi) is 20.0. The molecule has 7 aromatic rings. The molecule has 0 spiro atoms. The second-order valence-corrected chi connectivity index (χ2v) is 14.1. The smallest absolute Gasteiger partial charge is 0 e. The van der Waals surface area contributed by atoms with Crippen LogP contribution in [0.15, 0.2) is 121 Å². The quantitative estimate of drug-likeness (QED) is 0.0986. The molecule has 8 nitrogen and oxygen atoms in total. The maximum absolute atomic E-state index is 7.50. The average Bonchev–Trinajstić information content (AvgIpc) is 4.15. The monoisotopic (exact) mass is 946 g/mol. The summed E-state index contributed by atoms with van der Waals surface area (Å²) in [6.07, 6.45) is 8.13. The molecule has 8 bridgehead atoms. The van der Waals surface area contributed by atoms with Crippen LogP contribution >= 0.6 is 46.4 Å². The minimum atomic E-state index is 0. The second-order valence-electron chi connectivity index (χ2n) is 12.4. The van der Waals surface area contributed by atoms with Crippen LogP contribution in [0.5, 0.6) is 0 Å². The first-order valence-corrected chi connectivity index (χ1v) is 18.8. The van der Waals surface area contributed by atoms with Gasteiger partial charge >= 0.3 is 62.6 Å². The molecule has 0 saturated heterocycles. The number of nitrogens with zero attached hydrogens (tertiary/aromatic N) is 4. The summed E-state index contributed by atoms with van der Waals surface area (Å²) >= 11 is 25.4. The van der Waals surface area contributed by atoms with E-state index >= 15 is 0 Å². The summed E-state index contributed by atoms with van der Waals surface area (Å²) in [5.74, 6) is 0. The fourth-order valence-corrected chi connectivity index (χ4v) is 7.24. The third-order valence-electron chi connectivity index (χ3n) is 9.14. The molecule has 9 rings (SSSR count). The van der Waals surface area contributed by atoms with Crippen LogP contribution < -0.4 is 9.97 Å². The van der Waals surface area contributed by atoms with Crippen LogP contribution in [0, 0.1) is 26.6 Å². The van der Waals surface area contributed by atoms with Crippen LogP contribution in [0.4, 0.5) is 0 Å². The van der Waals surface area contributed by atoms with Gasteiger partial charge in [0.05, 0.1) is 22.8 Å². The van der Waals surface area contributed by atoms with Crippen LogP contribution in [-0.2, 0) is 35.4 Å². The summed E-state index contributed by atoms with van der Waals surface area (Å²) in [4.78, 5) is 21.1. The van der Waals surface area contributed by atoms with Crippen LogP contribution in [0.3, 0.4) is 0 Å². The standard InChI is InChI=1S/C44H24Cl4N4.4CO.Al.Co/c45-29-9-1-25(2-10-29)41-33-17-19-35(49-33)42(26-3-11-30(46)12-4-26)37-21-23-39(51-37)44(28-7-15-32(48)16-8-28)40-24-22-38(52-40)43(36-20-18-34(41)50-36)27-5-13-31(47)14-6-27;4*1-2;;/h1-24H;;;;;;/q-2;;;;;+3;. The number of hydrogen-bond donors (Lipinski definition) is 0. The fourth-order valence-electron chi connectivity index (χ4n) is 6.74. The molecule has 1 radical (unpaired) electrons. The summed E-state index contributed by atoms with van der Waals surface area (Å²) in [6.45, 7) is 18.0. The summed E-state index contributed by atoms with van der Waals surface area (Å²) in [7, 11) is 0. The minimum Gasteiger partial charge on any atom is 0 e. The number of halogens is 4. The predicted molar refractivity (Wildman–Crippen MR) is 240 cm³/mol. The molecule has 0 atom stereocenters. The molecule has 5 heterocycles. The maximum Gasteiger partial charge on any atom is 0 e. The van der Waals surface area contributed by atoms with E-state index in [-0.39, 0.29) is 34.1 Å². The topological polar surface area (TPSA) is 134 Å². The van der Waals surface area contributed by atoms with Crippen molar-refractivity contribution >= 4 is 110 Å². The van der Waals surface area contributed by atoms with E-state index < -0.39 is 0 Å². The van der Waals surface area contributed by atoms with Crippen molar-refractivity contribution in [2.45, 2.75) is 0 Å². The van der Waals surface area contributed by atoms with Gasteiger partial charge in [-0.05, 0) is 117 Å². The molecule has 3 aromatic heterocycles. The number of fused-ring (bicyclic) bond motifs is 8. The van der Waals surface area contributed by atoms with E-state index in [9.17, 15) is 0 Å². The number of aromatic nitrogens is 4. The largest absolute Gasteiger partial charge is 0 e. The molecule has 62 heavy (non-hydrogen) atoms. The normalized spacial score (nSPS) is 10.3. The molecule has 0 unspecified atom stereocenters. The van der Waals surface area contributed by atoms with Crippen LogP contribution in [0.2, 0.25) is 20.1 Å². The van der Waals surface area contributed by atoms with E-state index in [0.29, 0.717) is 20.1 Å². The van der Waals surface area contributed by atoms with E-state index in [1.165, 1.54) is 0 Å². The Hall–Kier alpha value is -5.36. The van der Waals surface area contributed by atoms with Gasteiger partial charge in [-0.2, -0.15) is 0 Å². The fraction of sp³-hybridized carbons (Fsp3) is 0. The van der Waals surface area contributed by atoms with Crippen molar-refractivity contribution in [1.29, 1.82) is 0 Å². The number of benzene rings is 4. The Balaban J connectivity index is 0.000000971. The van der Waals surface area contributed by atoms with Gasteiger partial charge in [0.15, 0.2) is 0 Å². The van der Waals surface area contributed by atoms with Gasteiger partial charge < -0.3 is 9.97 Å². The van der Waals surface area contributed by atoms with Gasteiger partial charge in [-0.1, -0.05) is 119 Å². The summed E-state index contributed by atoms with van der Waals surface area (Å²) < 4.78 is 30.0. The zero-order valence-electron chi connectivity index (χ0n) is 31.7. The molecule has 14 heteroatoms. The second kappa shape index (κ2) is 24.3. The maximum atomic E-state index is 7.50. The number of hydrogen-bond acceptors (Lipinski definition) is 2. The third-order valence-corrected chi connectivity index (χ3v) is 10.1. The molecule has 2 aliphatic heterocycles. The van der Waals surface area contributed by atoms with Gasteiger partial charge in [-0.15, -0.1) is 22.1 Å². The van der Waals surface area contributed by atoms with Gasteiger partial charge in [-0.25, -0.2) is 9.97 Å². The average molecular weight is 948 g/mol. The molecular weight excluding hydrogens is 924 g/mol. The molecule has 4 aromatic carbocycles. The van der Waals surface area contributed by atoms with E-state index in [1.54, 1.807) is 0 Å². The van der Waals surface area contributed by atoms with Crippen LogP contribution in [-0.4, -0.2) is 27.3 Å². The number of rotatable bonds is 4. The molecule has 0 fully saturated rings. The molecule has 0 aliphatic carbocycles. The zero-order chi connectivity index (χ0) is 43.3. The van der Waals surface area contributed by atoms with Gasteiger partial charge in [-0.3, -0.25) is 0 Å². The van der Waals surface area contributed by atoms with Crippen LogP contribution in [0.1, 0.15) is 22.8 Å². The summed E-state index contributed by atoms with van der Waals surface area (Å²) in [5, 5.41) is 2.58. The van der Waals surface area contributed by atoms with Crippen molar-refractivity contribution in [3.63, 3.8) is 0 Å². The molecule has 0 N–H and O–H groups in total. The van der Waals surface area contributed by atoms with Crippen molar-refractivity contribution < 1.29 is 35.4 Å². The van der Waals surface area contributed by atoms with Gasteiger partial charge in [0, 0.05) is 36.9 Å². The van der Waals surface area contributed by atoms with E-state index in [1.807, 2.05) is 146 Å². The molecular formula is C48H24AlCl4CoN4O4+.